The molecule has 0 saturated carbocycles. The SMILES string of the molecule is C[Si](C)(C)C(O)([C@H]1O[C@@H](n2cnc(N)nc2=O)[C@H](O)[C@@H]1O)[Si](C)(C)C. The first-order valence-electron chi connectivity index (χ1n) is 8.16. The normalized spacial score (nSPS) is 28.4. The van der Waals surface area contributed by atoms with Crippen molar-refractivity contribution in [1.82, 2.24) is 14.5 Å². The highest BCUT2D eigenvalue weighted by Gasteiger charge is 2.63. The molecule has 1 aliphatic rings. The maximum Gasteiger partial charge on any atom is 0.354 e. The lowest BCUT2D eigenvalue weighted by atomic mass is 10.1. The van der Waals surface area contributed by atoms with Crippen molar-refractivity contribution in [2.24, 2.45) is 0 Å². The van der Waals surface area contributed by atoms with Crippen molar-refractivity contribution in [3.63, 3.8) is 0 Å². The third-order valence-corrected chi connectivity index (χ3v) is 14.6. The molecule has 1 aromatic heterocycles. The molecule has 1 aromatic rings. The minimum absolute atomic E-state index is 0.188. The van der Waals surface area contributed by atoms with E-state index in [-0.39, 0.29) is 5.95 Å². The van der Waals surface area contributed by atoms with Gasteiger partial charge in [-0.15, -0.1) is 0 Å². The fourth-order valence-electron chi connectivity index (χ4n) is 3.74. The molecule has 2 heterocycles. The number of aromatic nitrogens is 3. The van der Waals surface area contributed by atoms with Crippen molar-refractivity contribution in [3.05, 3.63) is 16.8 Å². The monoisotopic (exact) mass is 388 g/mol. The molecule has 1 aliphatic heterocycles. The number of hydrogen-bond donors (Lipinski definition) is 4. The summed E-state index contributed by atoms with van der Waals surface area (Å²) in [6.45, 7) is 12.0. The van der Waals surface area contributed by atoms with Crippen LogP contribution in [0, 0.1) is 0 Å². The van der Waals surface area contributed by atoms with Gasteiger partial charge in [0.1, 0.15) is 24.6 Å². The van der Waals surface area contributed by atoms with Crippen LogP contribution in [-0.4, -0.2) is 69.2 Å². The molecule has 0 amide bonds. The van der Waals surface area contributed by atoms with Gasteiger partial charge in [-0.05, 0) is 0 Å². The molecule has 4 atom stereocenters. The molecular formula is C14H28N4O5Si2. The van der Waals surface area contributed by atoms with Crippen LogP contribution in [0.4, 0.5) is 5.95 Å². The molecule has 5 N–H and O–H groups in total. The van der Waals surface area contributed by atoms with Crippen molar-refractivity contribution in [2.75, 3.05) is 5.73 Å². The number of ether oxygens (including phenoxy) is 1. The van der Waals surface area contributed by atoms with Crippen molar-refractivity contribution >= 4 is 22.1 Å². The molecule has 0 radical (unpaired) electrons. The summed E-state index contributed by atoms with van der Waals surface area (Å²) in [4.78, 5) is 18.1. The van der Waals surface area contributed by atoms with Crippen LogP contribution in [0.15, 0.2) is 11.1 Å². The highest BCUT2D eigenvalue weighted by atomic mass is 28.4. The molecule has 1 saturated heterocycles. The molecule has 0 bridgehead atoms. The molecular weight excluding hydrogens is 360 g/mol. The van der Waals surface area contributed by atoms with Gasteiger partial charge in [-0.25, -0.2) is 9.78 Å². The number of nitrogens with zero attached hydrogens (tertiary/aromatic N) is 3. The molecule has 0 unspecified atom stereocenters. The van der Waals surface area contributed by atoms with E-state index in [1.807, 2.05) is 39.3 Å². The standard InChI is InChI=1S/C14H28N4O5Si2/c1-24(2,3)14(22,25(4,5)6)10-8(19)9(20)11(23-10)18-7-16-12(15)17-13(18)21/h7-11,19-20,22H,1-6H3,(H2,15,17,21)/t8-,9+,10-,11+/m0/s1. The van der Waals surface area contributed by atoms with Gasteiger partial charge >= 0.3 is 5.69 Å². The summed E-state index contributed by atoms with van der Waals surface area (Å²) in [5, 5.41) is 32.7. The first-order valence-corrected chi connectivity index (χ1v) is 15.2. The fourth-order valence-corrected chi connectivity index (χ4v) is 14.9. The van der Waals surface area contributed by atoms with E-state index in [2.05, 4.69) is 9.97 Å². The van der Waals surface area contributed by atoms with Crippen LogP contribution in [0.25, 0.3) is 0 Å². The Hall–Kier alpha value is -1.12. The maximum absolute atomic E-state index is 12.0. The highest BCUT2D eigenvalue weighted by Crippen LogP contribution is 2.43. The van der Waals surface area contributed by atoms with Gasteiger partial charge in [-0.3, -0.25) is 4.57 Å². The zero-order valence-electron chi connectivity index (χ0n) is 15.5. The van der Waals surface area contributed by atoms with E-state index in [0.29, 0.717) is 0 Å². The Bertz CT molecular complexity index is 686. The molecule has 9 nitrogen and oxygen atoms in total. The van der Waals surface area contributed by atoms with E-state index in [1.54, 1.807) is 0 Å². The fraction of sp³-hybridized carbons (Fsp3) is 0.786. The van der Waals surface area contributed by atoms with Crippen LogP contribution in [0.2, 0.25) is 39.3 Å². The molecule has 25 heavy (non-hydrogen) atoms. The molecule has 1 fully saturated rings. The molecule has 11 heteroatoms. The quantitative estimate of drug-likeness (QED) is 0.497. The van der Waals surface area contributed by atoms with Gasteiger partial charge in [0.15, 0.2) is 6.23 Å². The minimum Gasteiger partial charge on any atom is -0.394 e. The van der Waals surface area contributed by atoms with Gasteiger partial charge in [0.2, 0.25) is 5.95 Å². The highest BCUT2D eigenvalue weighted by molar-refractivity contribution is 6.98. The van der Waals surface area contributed by atoms with Crippen molar-refractivity contribution in [2.45, 2.75) is 68.7 Å². The Kier molecular flexibility index (Phi) is 5.05. The van der Waals surface area contributed by atoms with Gasteiger partial charge in [0.05, 0.1) is 21.0 Å². The predicted molar refractivity (Wildman–Crippen MR) is 98.3 cm³/mol. The zero-order valence-corrected chi connectivity index (χ0v) is 17.5. The predicted octanol–water partition coefficient (Wildman–Crippen LogP) is -0.674. The summed E-state index contributed by atoms with van der Waals surface area (Å²) in [6.07, 6.45) is -3.80. The zero-order chi connectivity index (χ0) is 19.4. The Morgan fingerprint density at radius 1 is 1.16 bits per heavy atom. The summed E-state index contributed by atoms with van der Waals surface area (Å²) < 4.78 is 6.86. The van der Waals surface area contributed by atoms with Gasteiger partial charge < -0.3 is 25.8 Å². The minimum atomic E-state index is -2.25. The van der Waals surface area contributed by atoms with Gasteiger partial charge in [0.25, 0.3) is 0 Å². The lowest BCUT2D eigenvalue weighted by Crippen LogP contribution is -2.74. The Morgan fingerprint density at radius 2 is 1.68 bits per heavy atom. The summed E-state index contributed by atoms with van der Waals surface area (Å²) in [7, 11) is -4.51. The van der Waals surface area contributed by atoms with Crippen LogP contribution in [0.1, 0.15) is 6.23 Å². The molecule has 2 rings (SSSR count). The number of hydrogen-bond acceptors (Lipinski definition) is 8. The largest absolute Gasteiger partial charge is 0.394 e. The summed E-state index contributed by atoms with van der Waals surface area (Å²) in [6, 6.07) is 0. The van der Waals surface area contributed by atoms with E-state index >= 15 is 0 Å². The van der Waals surface area contributed by atoms with Crippen LogP contribution in [0.3, 0.4) is 0 Å². The number of nitrogen functional groups attached to an aromatic ring is 1. The second-order valence-corrected chi connectivity index (χ2v) is 19.6. The van der Waals surface area contributed by atoms with Crippen LogP contribution < -0.4 is 11.4 Å². The van der Waals surface area contributed by atoms with E-state index in [9.17, 15) is 20.1 Å². The Morgan fingerprint density at radius 3 is 2.12 bits per heavy atom. The lowest BCUT2D eigenvalue weighted by molar-refractivity contribution is -0.0836. The molecule has 0 aromatic carbocycles. The average Bonchev–Trinajstić information content (AvgIpc) is 2.72. The molecule has 0 spiro atoms. The summed E-state index contributed by atoms with van der Waals surface area (Å²) >= 11 is 0. The van der Waals surface area contributed by atoms with Gasteiger partial charge in [-0.1, -0.05) is 39.3 Å². The van der Waals surface area contributed by atoms with Gasteiger partial charge in [-0.2, -0.15) is 4.98 Å². The second-order valence-electron chi connectivity index (χ2n) is 8.60. The third kappa shape index (κ3) is 3.20. The summed E-state index contributed by atoms with van der Waals surface area (Å²) in [5.74, 6) is -0.188. The number of nitrogens with two attached hydrogens (primary N) is 1. The van der Waals surface area contributed by atoms with Crippen LogP contribution >= 0.6 is 0 Å². The second kappa shape index (κ2) is 6.25. The number of rotatable bonds is 4. The van der Waals surface area contributed by atoms with E-state index in [1.165, 1.54) is 0 Å². The van der Waals surface area contributed by atoms with E-state index in [4.69, 9.17) is 10.5 Å². The smallest absolute Gasteiger partial charge is 0.354 e. The lowest BCUT2D eigenvalue weighted by Gasteiger charge is -2.51. The first-order chi connectivity index (χ1) is 11.2. The number of aliphatic hydroxyl groups excluding tert-OH is 2. The number of aliphatic hydroxyl groups is 3. The van der Waals surface area contributed by atoms with E-state index in [0.717, 1.165) is 10.9 Å². The number of anilines is 1. The maximum atomic E-state index is 12.0. The van der Waals surface area contributed by atoms with Crippen molar-refractivity contribution in [3.8, 4) is 0 Å². The van der Waals surface area contributed by atoms with Crippen molar-refractivity contribution < 1.29 is 20.1 Å². The Labute approximate surface area is 148 Å². The van der Waals surface area contributed by atoms with Crippen molar-refractivity contribution in [1.29, 1.82) is 0 Å². The van der Waals surface area contributed by atoms with Crippen LogP contribution in [-0.2, 0) is 4.74 Å². The van der Waals surface area contributed by atoms with Gasteiger partial charge in [0, 0.05) is 0 Å². The average molecular weight is 389 g/mol. The molecule has 142 valence electrons. The third-order valence-electron chi connectivity index (χ3n) is 4.96. The van der Waals surface area contributed by atoms with E-state index < -0.39 is 51.2 Å². The topological polar surface area (TPSA) is 144 Å². The first kappa shape index (κ1) is 20.2. The van der Waals surface area contributed by atoms with Crippen LogP contribution in [0.5, 0.6) is 0 Å². The summed E-state index contributed by atoms with van der Waals surface area (Å²) in [5.41, 5.74) is 4.64. The molecule has 0 aliphatic carbocycles. The Balaban J connectivity index is 2.50.